The Balaban J connectivity index is 1.85. The Morgan fingerprint density at radius 2 is 1.72 bits per heavy atom. The maximum absolute atomic E-state index is 13.5. The summed E-state index contributed by atoms with van der Waals surface area (Å²) < 4.78 is 10.9. The number of hydrogen-bond acceptors (Lipinski definition) is 5. The molecule has 4 N–H and O–H groups in total. The molecule has 1 aromatic carbocycles. The third-order valence-electron chi connectivity index (χ3n) is 9.89. The number of alkyl carbamates (subject to hydrolysis) is 1. The molecule has 46 heavy (non-hydrogen) atoms. The highest BCUT2D eigenvalue weighted by molar-refractivity contribution is 5.84. The van der Waals surface area contributed by atoms with Crippen molar-refractivity contribution in [2.24, 2.45) is 23.7 Å². The van der Waals surface area contributed by atoms with Gasteiger partial charge in [0.25, 0.3) is 0 Å². The van der Waals surface area contributed by atoms with E-state index in [4.69, 9.17) is 9.47 Å². The molecule has 1 saturated carbocycles. The fourth-order valence-electron chi connectivity index (χ4n) is 7.12. The van der Waals surface area contributed by atoms with Crippen LogP contribution >= 0.6 is 0 Å². The normalized spacial score (nSPS) is 17.9. The summed E-state index contributed by atoms with van der Waals surface area (Å²) in [6.45, 7) is 17.0. The number of carbonyl (C=O) groups excluding carboxylic acids is 2. The number of rotatable bonds is 16. The van der Waals surface area contributed by atoms with Crippen molar-refractivity contribution in [1.82, 2.24) is 15.6 Å². The molecule has 2 aromatic rings. The molecule has 0 spiro atoms. The second-order valence-electron chi connectivity index (χ2n) is 15.4. The molecule has 1 heterocycles. The van der Waals surface area contributed by atoms with Gasteiger partial charge in [0.15, 0.2) is 0 Å². The van der Waals surface area contributed by atoms with E-state index in [0.29, 0.717) is 6.42 Å². The lowest BCUT2D eigenvalue weighted by Crippen LogP contribution is -2.49. The Morgan fingerprint density at radius 1 is 1.02 bits per heavy atom. The van der Waals surface area contributed by atoms with Gasteiger partial charge in [-0.1, -0.05) is 59.9 Å². The number of methoxy groups -OCH3 is 1. The molecule has 8 nitrogen and oxygen atoms in total. The van der Waals surface area contributed by atoms with E-state index in [2.05, 4.69) is 60.8 Å². The van der Waals surface area contributed by atoms with Gasteiger partial charge in [-0.05, 0) is 106 Å². The zero-order valence-corrected chi connectivity index (χ0v) is 30.1. The topological polar surface area (TPSA) is 113 Å². The molecular weight excluding hydrogens is 578 g/mol. The van der Waals surface area contributed by atoms with E-state index in [1.54, 1.807) is 7.11 Å². The van der Waals surface area contributed by atoms with E-state index in [9.17, 15) is 14.7 Å². The van der Waals surface area contributed by atoms with Gasteiger partial charge in [0.1, 0.15) is 5.60 Å². The molecule has 260 valence electrons. The summed E-state index contributed by atoms with van der Waals surface area (Å²) in [4.78, 5) is 30.0. The number of amides is 2. The number of aliphatic hydroxyl groups is 1. The molecule has 0 aliphatic heterocycles. The van der Waals surface area contributed by atoms with Gasteiger partial charge < -0.3 is 30.2 Å². The van der Waals surface area contributed by atoms with Crippen molar-refractivity contribution >= 4 is 22.9 Å². The van der Waals surface area contributed by atoms with Gasteiger partial charge in [0, 0.05) is 42.8 Å². The molecular formula is C38H63N3O5. The molecule has 3 rings (SSSR count). The Hall–Kier alpha value is -2.58. The Kier molecular flexibility index (Phi) is 14.4. The lowest BCUT2D eigenvalue weighted by molar-refractivity contribution is -0.128. The molecule has 2 amide bonds. The predicted octanol–water partition coefficient (Wildman–Crippen LogP) is 7.88. The second kappa shape index (κ2) is 17.5. The van der Waals surface area contributed by atoms with Gasteiger partial charge in [0.05, 0.1) is 12.1 Å². The van der Waals surface area contributed by atoms with Crippen molar-refractivity contribution in [3.63, 3.8) is 0 Å². The zero-order valence-electron chi connectivity index (χ0n) is 30.1. The van der Waals surface area contributed by atoms with Crippen molar-refractivity contribution in [3.8, 4) is 0 Å². The number of hydrogen-bond donors (Lipinski definition) is 4. The van der Waals surface area contributed by atoms with Crippen LogP contribution in [0.25, 0.3) is 10.9 Å². The first-order chi connectivity index (χ1) is 21.7. The molecule has 1 fully saturated rings. The first-order valence-electron chi connectivity index (χ1n) is 17.8. The Labute approximate surface area is 278 Å². The van der Waals surface area contributed by atoms with Gasteiger partial charge in [0.2, 0.25) is 5.91 Å². The molecule has 0 saturated heterocycles. The van der Waals surface area contributed by atoms with Crippen LogP contribution in [0.3, 0.4) is 0 Å². The van der Waals surface area contributed by atoms with Crippen LogP contribution in [0.1, 0.15) is 124 Å². The lowest BCUT2D eigenvalue weighted by Gasteiger charge is -2.36. The molecule has 0 bridgehead atoms. The van der Waals surface area contributed by atoms with E-state index < -0.39 is 23.8 Å². The minimum absolute atomic E-state index is 0.00635. The average Bonchev–Trinajstić information content (AvgIpc) is 3.39. The van der Waals surface area contributed by atoms with Gasteiger partial charge in [-0.3, -0.25) is 4.79 Å². The summed E-state index contributed by atoms with van der Waals surface area (Å²) in [5, 5.41) is 19.3. The Bertz CT molecular complexity index is 1230. The number of benzene rings is 1. The number of aryl methyl sites for hydroxylation is 1. The smallest absolute Gasteiger partial charge is 0.407 e. The SMILES string of the molecule is COCCCc1c[nH]c2ccc(C(C)[C@@H](C[C@H](NC(=O)OC(C)(C)C)[C@@H](O)C[C@H](C(=O)NC3CCCCC3)C(C)C)C(C)C)cc12. The van der Waals surface area contributed by atoms with E-state index in [1.165, 1.54) is 22.9 Å². The minimum atomic E-state index is -0.912. The van der Waals surface area contributed by atoms with Gasteiger partial charge in [-0.15, -0.1) is 0 Å². The van der Waals surface area contributed by atoms with Crippen molar-refractivity contribution in [2.45, 2.75) is 143 Å². The summed E-state index contributed by atoms with van der Waals surface area (Å²) in [5.41, 5.74) is 2.97. The number of aromatic nitrogens is 1. The highest BCUT2D eigenvalue weighted by Crippen LogP contribution is 2.37. The highest BCUT2D eigenvalue weighted by atomic mass is 16.6. The lowest BCUT2D eigenvalue weighted by atomic mass is 9.75. The number of H-pyrrole nitrogens is 1. The molecule has 1 unspecified atom stereocenters. The van der Waals surface area contributed by atoms with E-state index >= 15 is 0 Å². The summed E-state index contributed by atoms with van der Waals surface area (Å²) in [6, 6.07) is 6.27. The van der Waals surface area contributed by atoms with Gasteiger partial charge >= 0.3 is 6.09 Å². The maximum Gasteiger partial charge on any atom is 0.407 e. The van der Waals surface area contributed by atoms with Crippen LogP contribution in [-0.2, 0) is 20.7 Å². The van der Waals surface area contributed by atoms with Crippen LogP contribution in [0.4, 0.5) is 4.79 Å². The number of ether oxygens (including phenoxy) is 2. The monoisotopic (exact) mass is 641 g/mol. The van der Waals surface area contributed by atoms with Crippen molar-refractivity contribution < 1.29 is 24.2 Å². The fourth-order valence-corrected chi connectivity index (χ4v) is 7.12. The number of aromatic amines is 1. The fraction of sp³-hybridized carbons (Fsp3) is 0.737. The van der Waals surface area contributed by atoms with Crippen LogP contribution in [0.5, 0.6) is 0 Å². The third kappa shape index (κ3) is 11.3. The van der Waals surface area contributed by atoms with E-state index in [0.717, 1.165) is 50.6 Å². The van der Waals surface area contributed by atoms with Crippen molar-refractivity contribution in [1.29, 1.82) is 0 Å². The summed E-state index contributed by atoms with van der Waals surface area (Å²) in [5.74, 6) is 0.289. The molecule has 5 atom stereocenters. The van der Waals surface area contributed by atoms with Crippen LogP contribution < -0.4 is 10.6 Å². The van der Waals surface area contributed by atoms with E-state index in [-0.39, 0.29) is 48.0 Å². The second-order valence-corrected chi connectivity index (χ2v) is 15.4. The third-order valence-corrected chi connectivity index (χ3v) is 9.89. The number of carbonyl (C=O) groups is 2. The zero-order chi connectivity index (χ0) is 34.0. The predicted molar refractivity (Wildman–Crippen MR) is 187 cm³/mol. The highest BCUT2D eigenvalue weighted by Gasteiger charge is 2.35. The average molecular weight is 642 g/mol. The molecule has 0 radical (unpaired) electrons. The quantitative estimate of drug-likeness (QED) is 0.139. The first kappa shape index (κ1) is 37.9. The Morgan fingerprint density at radius 3 is 2.33 bits per heavy atom. The largest absolute Gasteiger partial charge is 0.444 e. The number of nitrogens with one attached hydrogen (secondary N) is 3. The molecule has 1 aliphatic carbocycles. The van der Waals surface area contributed by atoms with Gasteiger partial charge in [-0.25, -0.2) is 4.79 Å². The maximum atomic E-state index is 13.5. The van der Waals surface area contributed by atoms with Gasteiger partial charge in [-0.2, -0.15) is 0 Å². The van der Waals surface area contributed by atoms with Crippen LogP contribution in [0.15, 0.2) is 24.4 Å². The van der Waals surface area contributed by atoms with Crippen LogP contribution in [0.2, 0.25) is 0 Å². The summed E-state index contributed by atoms with van der Waals surface area (Å²) in [6.07, 6.45) is 8.91. The number of aliphatic hydroxyl groups excluding tert-OH is 1. The van der Waals surface area contributed by atoms with Crippen LogP contribution in [-0.4, -0.2) is 59.6 Å². The molecule has 1 aromatic heterocycles. The van der Waals surface area contributed by atoms with Crippen molar-refractivity contribution in [3.05, 3.63) is 35.5 Å². The van der Waals surface area contributed by atoms with E-state index in [1.807, 2.05) is 34.6 Å². The molecule has 1 aliphatic rings. The minimum Gasteiger partial charge on any atom is -0.444 e. The standard InChI is InChI=1S/C38H63N3O5/c1-24(2)30(26(5)27-17-18-33-32(20-27)28(23-39-33)14-13-19-45-9)21-34(41-37(44)46-38(6,7)8)35(42)22-31(25(3)4)36(43)40-29-15-11-10-12-16-29/h17-18,20,23-26,29-31,34-35,39,42H,10-16,19,21-22H2,1-9H3,(H,40,43)(H,41,44)/t26?,30-,31-,34-,35-/m0/s1. The summed E-state index contributed by atoms with van der Waals surface area (Å²) in [7, 11) is 1.73. The summed E-state index contributed by atoms with van der Waals surface area (Å²) >= 11 is 0. The number of fused-ring (bicyclic) bond motifs is 1. The molecule has 8 heteroatoms. The first-order valence-corrected chi connectivity index (χ1v) is 17.8. The van der Waals surface area contributed by atoms with Crippen molar-refractivity contribution in [2.75, 3.05) is 13.7 Å². The van der Waals surface area contributed by atoms with Crippen LogP contribution in [0, 0.1) is 23.7 Å².